The van der Waals surface area contributed by atoms with Crippen LogP contribution in [0.5, 0.6) is 0 Å². The molecule has 5 heteroatoms. The molecule has 2 amide bonds. The first-order valence-electron chi connectivity index (χ1n) is 8.36. The molecule has 1 atom stereocenters. The van der Waals surface area contributed by atoms with Gasteiger partial charge in [0.25, 0.3) is 5.91 Å². The van der Waals surface area contributed by atoms with Gasteiger partial charge in [0.05, 0.1) is 0 Å². The number of hydrogen-bond donors (Lipinski definition) is 2. The lowest BCUT2D eigenvalue weighted by Crippen LogP contribution is -2.39. The molecule has 0 aromatic heterocycles. The van der Waals surface area contributed by atoms with Crippen LogP contribution in [0.3, 0.4) is 0 Å². The molecule has 5 nitrogen and oxygen atoms in total. The maximum atomic E-state index is 12.3. The van der Waals surface area contributed by atoms with Crippen molar-refractivity contribution in [3.63, 3.8) is 0 Å². The first kappa shape index (κ1) is 17.5. The second-order valence-electron chi connectivity index (χ2n) is 6.40. The molecule has 0 saturated heterocycles. The molecule has 1 aromatic rings. The van der Waals surface area contributed by atoms with Crippen molar-refractivity contribution in [2.75, 3.05) is 13.6 Å². The van der Waals surface area contributed by atoms with Gasteiger partial charge in [-0.2, -0.15) is 0 Å². The van der Waals surface area contributed by atoms with E-state index in [9.17, 15) is 9.59 Å². The highest BCUT2D eigenvalue weighted by Gasteiger charge is 2.22. The smallest absolute Gasteiger partial charge is 0.253 e. The topological polar surface area (TPSA) is 75.4 Å². The predicted molar refractivity (Wildman–Crippen MR) is 90.9 cm³/mol. The number of amides is 2. The molecule has 1 fully saturated rings. The van der Waals surface area contributed by atoms with Gasteiger partial charge in [-0.05, 0) is 37.5 Å². The third-order valence-corrected chi connectivity index (χ3v) is 4.72. The number of nitrogens with zero attached hydrogens (tertiary/aromatic N) is 1. The van der Waals surface area contributed by atoms with E-state index in [1.54, 1.807) is 24.1 Å². The zero-order chi connectivity index (χ0) is 16.8. The lowest BCUT2D eigenvalue weighted by atomic mass is 10.1. The van der Waals surface area contributed by atoms with Gasteiger partial charge in [0.1, 0.15) is 0 Å². The van der Waals surface area contributed by atoms with Gasteiger partial charge in [0.2, 0.25) is 5.91 Å². The number of nitrogens with two attached hydrogens (primary N) is 1. The second kappa shape index (κ2) is 8.11. The predicted octanol–water partition coefficient (Wildman–Crippen LogP) is 1.91. The molecule has 1 aromatic carbocycles. The Balaban J connectivity index is 1.89. The number of carbonyl (C=O) groups is 2. The van der Waals surface area contributed by atoms with Crippen molar-refractivity contribution in [3.05, 3.63) is 35.4 Å². The van der Waals surface area contributed by atoms with Crippen LogP contribution in [0.2, 0.25) is 0 Å². The van der Waals surface area contributed by atoms with E-state index in [4.69, 9.17) is 5.73 Å². The molecule has 1 aliphatic rings. The van der Waals surface area contributed by atoms with Crippen LogP contribution < -0.4 is 11.1 Å². The van der Waals surface area contributed by atoms with Gasteiger partial charge in [0, 0.05) is 37.7 Å². The van der Waals surface area contributed by atoms with Gasteiger partial charge in [-0.3, -0.25) is 9.59 Å². The summed E-state index contributed by atoms with van der Waals surface area (Å²) in [5, 5.41) is 2.99. The Morgan fingerprint density at radius 3 is 2.43 bits per heavy atom. The fourth-order valence-corrected chi connectivity index (χ4v) is 2.85. The summed E-state index contributed by atoms with van der Waals surface area (Å²) in [5.74, 6) is 0.297. The van der Waals surface area contributed by atoms with Crippen LogP contribution in [0.15, 0.2) is 24.3 Å². The minimum atomic E-state index is -0.0375. The Bertz CT molecular complexity index is 536. The van der Waals surface area contributed by atoms with Crippen molar-refractivity contribution >= 4 is 11.8 Å². The van der Waals surface area contributed by atoms with Crippen LogP contribution in [-0.2, 0) is 11.3 Å². The largest absolute Gasteiger partial charge is 0.352 e. The minimum Gasteiger partial charge on any atom is -0.352 e. The van der Waals surface area contributed by atoms with E-state index in [1.807, 2.05) is 19.1 Å². The van der Waals surface area contributed by atoms with Crippen LogP contribution in [0.1, 0.15) is 48.5 Å². The Morgan fingerprint density at radius 1 is 1.26 bits per heavy atom. The monoisotopic (exact) mass is 317 g/mol. The van der Waals surface area contributed by atoms with Crippen LogP contribution in [-0.4, -0.2) is 36.3 Å². The Kier molecular flexibility index (Phi) is 6.16. The molecule has 126 valence electrons. The molecule has 0 radical (unpaired) electrons. The maximum absolute atomic E-state index is 12.3. The fourth-order valence-electron chi connectivity index (χ4n) is 2.85. The van der Waals surface area contributed by atoms with Crippen molar-refractivity contribution in [2.45, 2.75) is 45.2 Å². The highest BCUT2D eigenvalue weighted by molar-refractivity contribution is 5.94. The van der Waals surface area contributed by atoms with Crippen LogP contribution >= 0.6 is 0 Å². The molecule has 0 aliphatic heterocycles. The van der Waals surface area contributed by atoms with Crippen molar-refractivity contribution < 1.29 is 9.59 Å². The van der Waals surface area contributed by atoms with Crippen molar-refractivity contribution in [1.29, 1.82) is 0 Å². The summed E-state index contributed by atoms with van der Waals surface area (Å²) in [7, 11) is 1.76. The number of carbonyl (C=O) groups excluding carboxylic acids is 2. The average molecular weight is 317 g/mol. The molecular formula is C18H27N3O2. The average Bonchev–Trinajstić information content (AvgIpc) is 3.12. The highest BCUT2D eigenvalue weighted by atomic mass is 16.2. The fraction of sp³-hybridized carbons (Fsp3) is 0.556. The van der Waals surface area contributed by atoms with Crippen LogP contribution in [0.4, 0.5) is 0 Å². The lowest BCUT2D eigenvalue weighted by Gasteiger charge is -2.23. The summed E-state index contributed by atoms with van der Waals surface area (Å²) < 4.78 is 0. The number of benzene rings is 1. The summed E-state index contributed by atoms with van der Waals surface area (Å²) in [6.07, 6.45) is 4.32. The van der Waals surface area contributed by atoms with Gasteiger partial charge >= 0.3 is 0 Å². The third-order valence-electron chi connectivity index (χ3n) is 4.72. The SMILES string of the molecule is CC(CN)N(C)C(=O)c1ccc(CNC(=O)C2CCCC2)cc1. The molecule has 1 unspecified atom stereocenters. The molecule has 1 saturated carbocycles. The molecule has 2 rings (SSSR count). The quantitative estimate of drug-likeness (QED) is 0.841. The van der Waals surface area contributed by atoms with Crippen molar-refractivity contribution in [2.24, 2.45) is 11.7 Å². The maximum Gasteiger partial charge on any atom is 0.253 e. The third kappa shape index (κ3) is 4.55. The Morgan fingerprint density at radius 2 is 1.87 bits per heavy atom. The lowest BCUT2D eigenvalue weighted by molar-refractivity contribution is -0.124. The number of rotatable bonds is 6. The van der Waals surface area contributed by atoms with E-state index >= 15 is 0 Å². The molecule has 1 aliphatic carbocycles. The van der Waals surface area contributed by atoms with Gasteiger partial charge in [-0.25, -0.2) is 0 Å². The van der Waals surface area contributed by atoms with E-state index in [1.165, 1.54) is 0 Å². The Hall–Kier alpha value is -1.88. The van der Waals surface area contributed by atoms with E-state index in [-0.39, 0.29) is 23.8 Å². The van der Waals surface area contributed by atoms with E-state index in [2.05, 4.69) is 5.32 Å². The molecule has 3 N–H and O–H groups in total. The number of nitrogens with one attached hydrogen (secondary N) is 1. The van der Waals surface area contributed by atoms with Gasteiger partial charge in [0.15, 0.2) is 0 Å². The standard InChI is InChI=1S/C18H27N3O2/c1-13(11-19)21(2)18(23)16-9-7-14(8-10-16)12-20-17(22)15-5-3-4-6-15/h7-10,13,15H,3-6,11-12,19H2,1-2H3,(H,20,22). The first-order chi connectivity index (χ1) is 11.0. The molecule has 23 heavy (non-hydrogen) atoms. The molecular weight excluding hydrogens is 290 g/mol. The van der Waals surface area contributed by atoms with E-state index < -0.39 is 0 Å². The number of hydrogen-bond acceptors (Lipinski definition) is 3. The minimum absolute atomic E-state index is 0.00729. The normalized spacial score (nSPS) is 16.1. The van der Waals surface area contributed by atoms with Gasteiger partial charge in [-0.1, -0.05) is 25.0 Å². The molecule has 0 bridgehead atoms. The Labute approximate surface area is 138 Å². The number of likely N-dealkylation sites (N-methyl/N-ethyl adjacent to an activating group) is 1. The van der Waals surface area contributed by atoms with Crippen LogP contribution in [0.25, 0.3) is 0 Å². The van der Waals surface area contributed by atoms with E-state index in [0.29, 0.717) is 18.7 Å². The summed E-state index contributed by atoms with van der Waals surface area (Å²) in [6, 6.07) is 7.40. The van der Waals surface area contributed by atoms with E-state index in [0.717, 1.165) is 31.2 Å². The van der Waals surface area contributed by atoms with Crippen LogP contribution in [0, 0.1) is 5.92 Å². The molecule has 0 heterocycles. The summed E-state index contributed by atoms with van der Waals surface area (Å²) in [5.41, 5.74) is 7.24. The second-order valence-corrected chi connectivity index (χ2v) is 6.40. The zero-order valence-electron chi connectivity index (χ0n) is 14.0. The highest BCUT2D eigenvalue weighted by Crippen LogP contribution is 2.24. The van der Waals surface area contributed by atoms with Gasteiger partial charge in [-0.15, -0.1) is 0 Å². The zero-order valence-corrected chi connectivity index (χ0v) is 14.0. The van der Waals surface area contributed by atoms with Crippen molar-refractivity contribution in [1.82, 2.24) is 10.2 Å². The summed E-state index contributed by atoms with van der Waals surface area (Å²) in [6.45, 7) is 2.87. The van der Waals surface area contributed by atoms with Crippen molar-refractivity contribution in [3.8, 4) is 0 Å². The molecule has 0 spiro atoms. The van der Waals surface area contributed by atoms with Gasteiger partial charge < -0.3 is 16.0 Å². The summed E-state index contributed by atoms with van der Waals surface area (Å²) >= 11 is 0. The summed E-state index contributed by atoms with van der Waals surface area (Å²) in [4.78, 5) is 26.0. The first-order valence-corrected chi connectivity index (χ1v) is 8.36.